The highest BCUT2D eigenvalue weighted by Crippen LogP contribution is 2.39. The van der Waals surface area contributed by atoms with Crippen LogP contribution in [0.1, 0.15) is 23.6 Å². The molecule has 0 aliphatic carbocycles. The van der Waals surface area contributed by atoms with E-state index < -0.39 is 11.1 Å². The molecule has 2 aliphatic rings. The molecule has 2 aromatic carbocycles. The third-order valence-corrected chi connectivity index (χ3v) is 6.86. The Kier molecular flexibility index (Phi) is 8.71. The van der Waals surface area contributed by atoms with Crippen LogP contribution in [-0.4, -0.2) is 66.3 Å². The second-order valence-corrected chi connectivity index (χ2v) is 9.48. The molecule has 0 radical (unpaired) electrons. The molecular weight excluding hydrogens is 518 g/mol. The van der Waals surface area contributed by atoms with Crippen LogP contribution in [0.15, 0.2) is 41.3 Å². The van der Waals surface area contributed by atoms with Gasteiger partial charge in [0.15, 0.2) is 11.5 Å². The van der Waals surface area contributed by atoms with Gasteiger partial charge < -0.3 is 19.1 Å². The zero-order valence-corrected chi connectivity index (χ0v) is 21.6. The Hall–Kier alpha value is -3.52. The number of carbonyl (C=O) groups excluding carboxylic acids is 3. The lowest BCUT2D eigenvalue weighted by molar-refractivity contribution is -0.139. The molecule has 0 saturated carbocycles. The topological polar surface area (TPSA) is 109 Å². The fraction of sp³-hybridized carbons (Fsp3) is 0.308. The lowest BCUT2D eigenvalue weighted by atomic mass is 10.1. The molecule has 0 atom stereocenters. The maximum Gasteiger partial charge on any atom is 0.294 e. The average molecular weight is 542 g/mol. The molecule has 4 rings (SSSR count). The lowest BCUT2D eigenvalue weighted by Crippen LogP contribution is -2.46. The molecule has 2 saturated heterocycles. The van der Waals surface area contributed by atoms with Gasteiger partial charge in [0.2, 0.25) is 5.91 Å². The fourth-order valence-corrected chi connectivity index (χ4v) is 4.93. The molecule has 0 spiro atoms. The molecule has 192 valence electrons. The van der Waals surface area contributed by atoms with Crippen molar-refractivity contribution in [3.63, 3.8) is 0 Å². The molecule has 11 heteroatoms. The molecule has 3 amide bonds. The summed E-state index contributed by atoms with van der Waals surface area (Å²) in [5.41, 5.74) is 1.73. The summed E-state index contributed by atoms with van der Waals surface area (Å²) in [7, 11) is 0. The van der Waals surface area contributed by atoms with Crippen molar-refractivity contribution in [1.82, 2.24) is 9.80 Å². The van der Waals surface area contributed by atoms with Gasteiger partial charge in [0.25, 0.3) is 11.1 Å². The van der Waals surface area contributed by atoms with E-state index in [-0.39, 0.29) is 29.0 Å². The summed E-state index contributed by atoms with van der Waals surface area (Å²) in [6.07, 6.45) is 1.53. The first-order chi connectivity index (χ1) is 17.9. The Morgan fingerprint density at radius 3 is 2.70 bits per heavy atom. The molecule has 37 heavy (non-hydrogen) atoms. The molecule has 0 unspecified atom stereocenters. The summed E-state index contributed by atoms with van der Waals surface area (Å²) >= 11 is 7.28. The Balaban J connectivity index is 1.52. The van der Waals surface area contributed by atoms with E-state index in [1.165, 1.54) is 6.08 Å². The Bertz CT molecular complexity index is 1290. The van der Waals surface area contributed by atoms with Gasteiger partial charge in [-0.3, -0.25) is 19.3 Å². The van der Waals surface area contributed by atoms with Crippen LogP contribution >= 0.6 is 23.4 Å². The molecule has 0 N–H and O–H groups in total. The monoisotopic (exact) mass is 541 g/mol. The van der Waals surface area contributed by atoms with E-state index in [0.29, 0.717) is 61.1 Å². The largest absolute Gasteiger partial charge is 0.490 e. The first-order valence-electron chi connectivity index (χ1n) is 11.6. The van der Waals surface area contributed by atoms with Crippen LogP contribution in [0.4, 0.5) is 4.79 Å². The molecule has 2 heterocycles. The van der Waals surface area contributed by atoms with Gasteiger partial charge in [0.05, 0.1) is 41.4 Å². The Morgan fingerprint density at radius 1 is 1.22 bits per heavy atom. The van der Waals surface area contributed by atoms with Gasteiger partial charge in [-0.25, -0.2) is 0 Å². The summed E-state index contributed by atoms with van der Waals surface area (Å²) < 4.78 is 16.9. The molecule has 0 aromatic heterocycles. The molecule has 9 nitrogen and oxygen atoms in total. The Morgan fingerprint density at radius 2 is 1.97 bits per heavy atom. The number of benzene rings is 2. The summed E-state index contributed by atoms with van der Waals surface area (Å²) in [6, 6.07) is 12.5. The lowest BCUT2D eigenvalue weighted by Gasteiger charge is -2.28. The third-order valence-electron chi connectivity index (χ3n) is 5.67. The minimum absolute atomic E-state index is 0.110. The van der Waals surface area contributed by atoms with Crippen molar-refractivity contribution >= 4 is 46.5 Å². The van der Waals surface area contributed by atoms with Crippen LogP contribution in [-0.2, 0) is 20.9 Å². The van der Waals surface area contributed by atoms with Gasteiger partial charge in [0.1, 0.15) is 13.2 Å². The minimum Gasteiger partial charge on any atom is -0.490 e. The van der Waals surface area contributed by atoms with Gasteiger partial charge in [-0.15, -0.1) is 0 Å². The minimum atomic E-state index is -0.542. The number of amides is 3. The summed E-state index contributed by atoms with van der Waals surface area (Å²) in [6.45, 7) is 3.67. The van der Waals surface area contributed by atoms with Gasteiger partial charge in [-0.2, -0.15) is 5.26 Å². The van der Waals surface area contributed by atoms with E-state index in [0.717, 1.165) is 16.7 Å². The SMILES string of the molecule is CCOc1cc(/C=C2/SC(=O)N(CC(=O)N3CCOCC3)C2=O)cc(Cl)c1OCc1ccccc1C#N. The van der Waals surface area contributed by atoms with Crippen molar-refractivity contribution in [3.8, 4) is 17.6 Å². The highest BCUT2D eigenvalue weighted by Gasteiger charge is 2.37. The van der Waals surface area contributed by atoms with Crippen LogP contribution < -0.4 is 9.47 Å². The number of ether oxygens (including phenoxy) is 3. The second-order valence-electron chi connectivity index (χ2n) is 8.08. The first-order valence-corrected chi connectivity index (χ1v) is 12.8. The summed E-state index contributed by atoms with van der Waals surface area (Å²) in [5, 5.41) is 9.04. The maximum absolute atomic E-state index is 12.9. The number of halogens is 1. The van der Waals surface area contributed by atoms with Gasteiger partial charge in [0, 0.05) is 18.7 Å². The van der Waals surface area contributed by atoms with Crippen LogP contribution in [0, 0.1) is 11.3 Å². The van der Waals surface area contributed by atoms with E-state index in [9.17, 15) is 19.6 Å². The van der Waals surface area contributed by atoms with Crippen LogP contribution in [0.2, 0.25) is 5.02 Å². The number of hydrogen-bond donors (Lipinski definition) is 0. The number of imide groups is 1. The average Bonchev–Trinajstić information content (AvgIpc) is 3.16. The number of morpholine rings is 1. The van der Waals surface area contributed by atoms with Gasteiger partial charge in [-0.1, -0.05) is 29.8 Å². The number of carbonyl (C=O) groups is 3. The normalized spacial score (nSPS) is 16.7. The molecule has 2 aliphatic heterocycles. The molecule has 2 fully saturated rings. The zero-order valence-electron chi connectivity index (χ0n) is 20.1. The predicted octanol–water partition coefficient (Wildman–Crippen LogP) is 4.08. The van der Waals surface area contributed by atoms with E-state index in [2.05, 4.69) is 6.07 Å². The highest BCUT2D eigenvalue weighted by atomic mass is 35.5. The zero-order chi connectivity index (χ0) is 26.4. The number of rotatable bonds is 8. The first kappa shape index (κ1) is 26.5. The van der Waals surface area contributed by atoms with Crippen molar-refractivity contribution in [2.24, 2.45) is 0 Å². The maximum atomic E-state index is 12.9. The standard InChI is InChI=1S/C26H24ClN3O6S/c1-2-35-21-12-17(11-20(27)24(21)36-16-19-6-4-3-5-18(19)14-28)13-22-25(32)30(26(33)37-22)15-23(31)29-7-9-34-10-8-29/h3-6,11-13H,2,7-10,15-16H2,1H3/b22-13+. The highest BCUT2D eigenvalue weighted by molar-refractivity contribution is 8.18. The smallest absolute Gasteiger partial charge is 0.294 e. The molecule has 2 aromatic rings. The van der Waals surface area contributed by atoms with Crippen molar-refractivity contribution < 1.29 is 28.6 Å². The quantitative estimate of drug-likeness (QED) is 0.460. The van der Waals surface area contributed by atoms with Crippen molar-refractivity contribution in [1.29, 1.82) is 5.26 Å². The molecular formula is C26H24ClN3O6S. The van der Waals surface area contributed by atoms with Crippen LogP contribution in [0.5, 0.6) is 11.5 Å². The number of nitrogens with zero attached hydrogens (tertiary/aromatic N) is 3. The summed E-state index contributed by atoms with van der Waals surface area (Å²) in [5.74, 6) is -0.179. The van der Waals surface area contributed by atoms with Crippen LogP contribution in [0.25, 0.3) is 6.08 Å². The number of nitriles is 1. The van der Waals surface area contributed by atoms with Crippen molar-refractivity contribution in [2.75, 3.05) is 39.5 Å². The van der Waals surface area contributed by atoms with E-state index in [1.807, 2.05) is 13.0 Å². The fourth-order valence-electron chi connectivity index (χ4n) is 3.82. The predicted molar refractivity (Wildman–Crippen MR) is 138 cm³/mol. The van der Waals surface area contributed by atoms with Crippen LogP contribution in [0.3, 0.4) is 0 Å². The Labute approximate surface area is 223 Å². The summed E-state index contributed by atoms with van der Waals surface area (Å²) in [4.78, 5) is 40.7. The van der Waals surface area contributed by atoms with E-state index in [4.69, 9.17) is 25.8 Å². The van der Waals surface area contributed by atoms with Crippen molar-refractivity contribution in [3.05, 3.63) is 63.0 Å². The molecule has 0 bridgehead atoms. The third kappa shape index (κ3) is 6.25. The number of hydrogen-bond acceptors (Lipinski definition) is 8. The van der Waals surface area contributed by atoms with Crippen molar-refractivity contribution in [2.45, 2.75) is 13.5 Å². The number of thioether (sulfide) groups is 1. The van der Waals surface area contributed by atoms with Gasteiger partial charge in [-0.05, 0) is 48.5 Å². The van der Waals surface area contributed by atoms with Gasteiger partial charge >= 0.3 is 0 Å². The second kappa shape index (κ2) is 12.1. The van der Waals surface area contributed by atoms with E-state index >= 15 is 0 Å². The van der Waals surface area contributed by atoms with E-state index in [1.54, 1.807) is 35.2 Å².